The Morgan fingerprint density at radius 1 is 1.12 bits per heavy atom. The molecule has 0 bridgehead atoms. The summed E-state index contributed by atoms with van der Waals surface area (Å²) in [4.78, 5) is 0.350. The van der Waals surface area contributed by atoms with Crippen LogP contribution in [0, 0.1) is 6.92 Å². The van der Waals surface area contributed by atoms with Crippen LogP contribution in [-0.4, -0.2) is 32.4 Å². The van der Waals surface area contributed by atoms with Gasteiger partial charge in [0.05, 0.1) is 17.6 Å². The third-order valence-corrected chi connectivity index (χ3v) is 6.49. The average molecular weight is 359 g/mol. The van der Waals surface area contributed by atoms with Crippen molar-refractivity contribution in [2.24, 2.45) is 0 Å². The van der Waals surface area contributed by atoms with Crippen molar-refractivity contribution < 1.29 is 13.2 Å². The number of aryl methyl sites for hydroxylation is 1. The summed E-state index contributed by atoms with van der Waals surface area (Å²) in [7, 11) is -3.49. The molecule has 2 aromatic rings. The van der Waals surface area contributed by atoms with Crippen LogP contribution < -0.4 is 0 Å². The van der Waals surface area contributed by atoms with E-state index in [-0.39, 0.29) is 6.10 Å². The van der Waals surface area contributed by atoms with Gasteiger partial charge in [0, 0.05) is 13.1 Å². The van der Waals surface area contributed by atoms with E-state index in [2.05, 4.69) is 26.0 Å². The summed E-state index contributed by atoms with van der Waals surface area (Å²) in [6, 6.07) is 15.3. The van der Waals surface area contributed by atoms with E-state index in [1.165, 1.54) is 9.87 Å². The number of benzene rings is 2. The first-order chi connectivity index (χ1) is 11.9. The first-order valence-corrected chi connectivity index (χ1v) is 10.1. The van der Waals surface area contributed by atoms with Gasteiger partial charge in [0.1, 0.15) is 0 Å². The van der Waals surface area contributed by atoms with E-state index in [4.69, 9.17) is 4.74 Å². The fraction of sp³-hybridized carbons (Fsp3) is 0.400. The smallest absolute Gasteiger partial charge is 0.243 e. The maximum Gasteiger partial charge on any atom is 0.243 e. The maximum atomic E-state index is 12.9. The molecule has 0 aromatic heterocycles. The van der Waals surface area contributed by atoms with Crippen molar-refractivity contribution in [3.05, 3.63) is 65.2 Å². The second-order valence-electron chi connectivity index (χ2n) is 6.86. The molecule has 0 aliphatic carbocycles. The minimum Gasteiger partial charge on any atom is -0.371 e. The molecule has 1 atom stereocenters. The molecule has 1 unspecified atom stereocenters. The van der Waals surface area contributed by atoms with Gasteiger partial charge >= 0.3 is 0 Å². The number of rotatable bonds is 4. The molecule has 134 valence electrons. The molecule has 0 spiro atoms. The highest BCUT2D eigenvalue weighted by Crippen LogP contribution is 2.28. The van der Waals surface area contributed by atoms with Gasteiger partial charge in [0.2, 0.25) is 10.0 Å². The Bertz CT molecular complexity index is 828. The van der Waals surface area contributed by atoms with Crippen molar-refractivity contribution in [1.82, 2.24) is 4.31 Å². The minimum atomic E-state index is -3.49. The Kier molecular flexibility index (Phi) is 5.27. The molecule has 2 aromatic carbocycles. The standard InChI is InChI=1S/C20H25NO3S/c1-15(2)17-7-9-18(10-8-17)20-14-21(11-12-24-20)25(22,23)19-6-4-5-16(3)13-19/h4-10,13,15,20H,11-12,14H2,1-3H3. The topological polar surface area (TPSA) is 46.6 Å². The number of nitrogens with zero attached hydrogens (tertiary/aromatic N) is 1. The van der Waals surface area contributed by atoms with Crippen molar-refractivity contribution >= 4 is 10.0 Å². The molecular weight excluding hydrogens is 334 g/mol. The summed E-state index contributed by atoms with van der Waals surface area (Å²) >= 11 is 0. The number of hydrogen-bond acceptors (Lipinski definition) is 3. The quantitative estimate of drug-likeness (QED) is 0.832. The molecule has 0 amide bonds. The third kappa shape index (κ3) is 3.94. The largest absolute Gasteiger partial charge is 0.371 e. The maximum absolute atomic E-state index is 12.9. The highest BCUT2D eigenvalue weighted by Gasteiger charge is 2.31. The van der Waals surface area contributed by atoms with Crippen LogP contribution >= 0.6 is 0 Å². The van der Waals surface area contributed by atoms with E-state index in [0.29, 0.717) is 30.5 Å². The average Bonchev–Trinajstić information content (AvgIpc) is 2.62. The lowest BCUT2D eigenvalue weighted by Crippen LogP contribution is -2.42. The van der Waals surface area contributed by atoms with E-state index in [9.17, 15) is 8.42 Å². The van der Waals surface area contributed by atoms with E-state index in [1.807, 2.05) is 25.1 Å². The van der Waals surface area contributed by atoms with Crippen LogP contribution in [0.1, 0.15) is 42.6 Å². The number of sulfonamides is 1. The predicted molar refractivity (Wildman–Crippen MR) is 99.2 cm³/mol. The summed E-state index contributed by atoms with van der Waals surface area (Å²) < 4.78 is 33.2. The highest BCUT2D eigenvalue weighted by molar-refractivity contribution is 7.89. The summed E-state index contributed by atoms with van der Waals surface area (Å²) in [5.74, 6) is 0.472. The summed E-state index contributed by atoms with van der Waals surface area (Å²) in [6.45, 7) is 7.35. The lowest BCUT2D eigenvalue weighted by atomic mass is 10.00. The van der Waals surface area contributed by atoms with E-state index in [0.717, 1.165) is 11.1 Å². The summed E-state index contributed by atoms with van der Waals surface area (Å²) in [5.41, 5.74) is 3.23. The molecular formula is C20H25NO3S. The highest BCUT2D eigenvalue weighted by atomic mass is 32.2. The Morgan fingerprint density at radius 3 is 2.48 bits per heavy atom. The first-order valence-electron chi connectivity index (χ1n) is 8.66. The molecule has 4 nitrogen and oxygen atoms in total. The van der Waals surface area contributed by atoms with Gasteiger partial charge in [0.25, 0.3) is 0 Å². The van der Waals surface area contributed by atoms with E-state index in [1.54, 1.807) is 18.2 Å². The Morgan fingerprint density at radius 2 is 1.84 bits per heavy atom. The number of ether oxygens (including phenoxy) is 1. The van der Waals surface area contributed by atoms with Gasteiger partial charge in [-0.05, 0) is 41.7 Å². The Hall–Kier alpha value is -1.69. The van der Waals surface area contributed by atoms with Crippen molar-refractivity contribution in [2.45, 2.75) is 37.7 Å². The van der Waals surface area contributed by atoms with Crippen LogP contribution in [0.4, 0.5) is 0 Å². The molecule has 0 radical (unpaired) electrons. The number of morpholine rings is 1. The SMILES string of the molecule is Cc1cccc(S(=O)(=O)N2CCOC(c3ccc(C(C)C)cc3)C2)c1. The molecule has 1 fully saturated rings. The normalized spacial score (nSPS) is 19.3. The molecule has 3 rings (SSSR count). The van der Waals surface area contributed by atoms with Crippen molar-refractivity contribution in [3.8, 4) is 0 Å². The van der Waals surface area contributed by atoms with E-state index < -0.39 is 10.0 Å². The van der Waals surface area contributed by atoms with Crippen LogP contribution in [-0.2, 0) is 14.8 Å². The van der Waals surface area contributed by atoms with Crippen LogP contribution in [0.2, 0.25) is 0 Å². The Balaban J connectivity index is 1.81. The van der Waals surface area contributed by atoms with Gasteiger partial charge in [0.15, 0.2) is 0 Å². The van der Waals surface area contributed by atoms with Crippen molar-refractivity contribution in [2.75, 3.05) is 19.7 Å². The van der Waals surface area contributed by atoms with Gasteiger partial charge in [-0.2, -0.15) is 4.31 Å². The van der Waals surface area contributed by atoms with Gasteiger partial charge < -0.3 is 4.74 Å². The molecule has 0 N–H and O–H groups in total. The molecule has 1 heterocycles. The van der Waals surface area contributed by atoms with Gasteiger partial charge in [-0.3, -0.25) is 0 Å². The lowest BCUT2D eigenvalue weighted by molar-refractivity contribution is -0.00256. The zero-order valence-corrected chi connectivity index (χ0v) is 15.8. The van der Waals surface area contributed by atoms with Crippen LogP contribution in [0.15, 0.2) is 53.4 Å². The molecule has 1 saturated heterocycles. The molecule has 25 heavy (non-hydrogen) atoms. The molecule has 1 aliphatic rings. The summed E-state index contributed by atoms with van der Waals surface area (Å²) in [5, 5.41) is 0. The molecule has 1 aliphatic heterocycles. The van der Waals surface area contributed by atoms with Crippen LogP contribution in [0.25, 0.3) is 0 Å². The zero-order chi connectivity index (χ0) is 18.0. The van der Waals surface area contributed by atoms with Gasteiger partial charge in [-0.15, -0.1) is 0 Å². The second-order valence-corrected chi connectivity index (χ2v) is 8.80. The fourth-order valence-electron chi connectivity index (χ4n) is 3.07. The monoisotopic (exact) mass is 359 g/mol. The first kappa shape index (κ1) is 18.1. The number of hydrogen-bond donors (Lipinski definition) is 0. The minimum absolute atomic E-state index is 0.227. The fourth-order valence-corrected chi connectivity index (χ4v) is 4.60. The third-order valence-electron chi connectivity index (χ3n) is 4.63. The van der Waals surface area contributed by atoms with E-state index >= 15 is 0 Å². The summed E-state index contributed by atoms with van der Waals surface area (Å²) in [6.07, 6.45) is -0.227. The second kappa shape index (κ2) is 7.28. The van der Waals surface area contributed by atoms with Gasteiger partial charge in [-0.25, -0.2) is 8.42 Å². The zero-order valence-electron chi connectivity index (χ0n) is 15.0. The predicted octanol–water partition coefficient (Wildman–Crippen LogP) is 3.88. The van der Waals surface area contributed by atoms with Crippen LogP contribution in [0.5, 0.6) is 0 Å². The van der Waals surface area contributed by atoms with Crippen molar-refractivity contribution in [1.29, 1.82) is 0 Å². The Labute approximate surface area is 150 Å². The van der Waals surface area contributed by atoms with Gasteiger partial charge in [-0.1, -0.05) is 50.2 Å². The van der Waals surface area contributed by atoms with Crippen molar-refractivity contribution in [3.63, 3.8) is 0 Å². The van der Waals surface area contributed by atoms with Crippen LogP contribution in [0.3, 0.4) is 0 Å². The lowest BCUT2D eigenvalue weighted by Gasteiger charge is -2.32. The molecule has 5 heteroatoms. The molecule has 0 saturated carbocycles.